The molecule has 4 aromatic rings. The quantitative estimate of drug-likeness (QED) is 0.246. The largest absolute Gasteiger partial charge is 0.493 e. The zero-order chi connectivity index (χ0) is 27.4. The van der Waals surface area contributed by atoms with Gasteiger partial charge in [-0.05, 0) is 85.7 Å². The van der Waals surface area contributed by atoms with Gasteiger partial charge in [-0.2, -0.15) is 0 Å². The molecule has 7 nitrogen and oxygen atoms in total. The van der Waals surface area contributed by atoms with E-state index in [4.69, 9.17) is 15.2 Å². The van der Waals surface area contributed by atoms with Gasteiger partial charge in [-0.15, -0.1) is 0 Å². The van der Waals surface area contributed by atoms with Crippen molar-refractivity contribution in [1.29, 1.82) is 0 Å². The molecule has 2 N–H and O–H groups in total. The number of amides is 2. The van der Waals surface area contributed by atoms with Crippen LogP contribution in [0, 0.1) is 13.8 Å². The van der Waals surface area contributed by atoms with Gasteiger partial charge >= 0.3 is 0 Å². The second kappa shape index (κ2) is 11.7. The van der Waals surface area contributed by atoms with Crippen LogP contribution in [0.4, 0.5) is 5.69 Å². The summed E-state index contributed by atoms with van der Waals surface area (Å²) in [4.78, 5) is 32.0. The molecule has 3 aromatic carbocycles. The lowest BCUT2D eigenvalue weighted by Gasteiger charge is -2.31. The van der Waals surface area contributed by atoms with Crippen molar-refractivity contribution in [3.05, 3.63) is 89.1 Å². The van der Waals surface area contributed by atoms with E-state index < -0.39 is 5.91 Å². The fourth-order valence-corrected chi connectivity index (χ4v) is 5.62. The number of thiazole rings is 1. The molecule has 2 heterocycles. The van der Waals surface area contributed by atoms with Gasteiger partial charge in [-0.25, -0.2) is 4.98 Å². The number of benzene rings is 3. The number of hydrogen-bond donors (Lipinski definition) is 1. The molecule has 8 heteroatoms. The number of nitrogens with zero attached hydrogens (tertiary/aromatic N) is 2. The van der Waals surface area contributed by atoms with Crippen molar-refractivity contribution < 1.29 is 19.1 Å². The van der Waals surface area contributed by atoms with Crippen molar-refractivity contribution in [2.75, 3.05) is 18.1 Å². The van der Waals surface area contributed by atoms with Gasteiger partial charge in [0, 0.05) is 30.4 Å². The molecule has 39 heavy (non-hydrogen) atoms. The number of primary amides is 1. The molecule has 0 bridgehead atoms. The highest BCUT2D eigenvalue weighted by molar-refractivity contribution is 7.16. The maximum Gasteiger partial charge on any atom is 0.279 e. The summed E-state index contributed by atoms with van der Waals surface area (Å²) in [6.45, 7) is 5.33. The van der Waals surface area contributed by atoms with Crippen LogP contribution in [0.3, 0.4) is 0 Å². The van der Waals surface area contributed by atoms with Gasteiger partial charge in [0.25, 0.3) is 5.19 Å². The topological polar surface area (TPSA) is 94.8 Å². The van der Waals surface area contributed by atoms with Gasteiger partial charge in [0.05, 0.1) is 11.5 Å². The average molecular weight is 542 g/mol. The normalized spacial score (nSPS) is 12.6. The van der Waals surface area contributed by atoms with Crippen molar-refractivity contribution in [3.8, 4) is 27.1 Å². The number of aromatic nitrogens is 1. The molecule has 0 fully saturated rings. The van der Waals surface area contributed by atoms with E-state index in [2.05, 4.69) is 31.0 Å². The molecule has 0 radical (unpaired) electrons. The van der Waals surface area contributed by atoms with E-state index in [0.29, 0.717) is 42.5 Å². The number of anilines is 1. The number of rotatable bonds is 9. The Morgan fingerprint density at radius 1 is 1.08 bits per heavy atom. The van der Waals surface area contributed by atoms with Crippen LogP contribution in [-0.4, -0.2) is 29.9 Å². The smallest absolute Gasteiger partial charge is 0.279 e. The first-order valence-corrected chi connectivity index (χ1v) is 13.9. The molecule has 0 saturated carbocycles. The standard InChI is InChI=1S/C31H31N3O4S/c1-20-8-3-14-27(21(20)2)37-17-7-15-29(35)34-16-6-12-24-25(11-5-13-26(24)34)28-19-33-31(39-28)38-23-10-4-9-22(18-23)30(32)36/h3-5,8-11,13-14,18-19H,6-7,12,15-17H2,1-2H3,(H2,32,36). The summed E-state index contributed by atoms with van der Waals surface area (Å²) in [5.74, 6) is 0.981. The highest BCUT2D eigenvalue weighted by atomic mass is 32.1. The third-order valence-corrected chi connectivity index (χ3v) is 7.88. The number of aryl methyl sites for hydroxylation is 1. The summed E-state index contributed by atoms with van der Waals surface area (Å²) in [6.07, 6.45) is 4.66. The molecule has 2 amide bonds. The van der Waals surface area contributed by atoms with Crippen LogP contribution in [-0.2, 0) is 11.2 Å². The molecule has 1 aliphatic heterocycles. The monoisotopic (exact) mass is 541 g/mol. The third kappa shape index (κ3) is 5.96. The molecule has 5 rings (SSSR count). The van der Waals surface area contributed by atoms with Crippen LogP contribution in [0.2, 0.25) is 0 Å². The van der Waals surface area contributed by atoms with Gasteiger partial charge in [0.2, 0.25) is 11.8 Å². The van der Waals surface area contributed by atoms with Crippen LogP contribution in [0.15, 0.2) is 66.9 Å². The number of fused-ring (bicyclic) bond motifs is 1. The Kier molecular flexibility index (Phi) is 7.93. The first-order chi connectivity index (χ1) is 18.9. The number of ether oxygens (including phenoxy) is 2. The molecular formula is C31H31N3O4S. The van der Waals surface area contributed by atoms with Gasteiger partial charge in [-0.3, -0.25) is 9.59 Å². The SMILES string of the molecule is Cc1cccc(OCCCC(=O)N2CCCc3c(-c4cnc(Oc5cccc(C(N)=O)c5)s4)cccc32)c1C. The molecule has 1 aromatic heterocycles. The summed E-state index contributed by atoms with van der Waals surface area (Å²) >= 11 is 1.42. The fraction of sp³-hybridized carbons (Fsp3) is 0.258. The Morgan fingerprint density at radius 2 is 1.90 bits per heavy atom. The number of carbonyl (C=O) groups excluding carboxylic acids is 2. The maximum absolute atomic E-state index is 13.2. The fourth-order valence-electron chi connectivity index (χ4n) is 4.78. The number of nitrogens with two attached hydrogens (primary N) is 1. The first-order valence-electron chi connectivity index (χ1n) is 13.1. The predicted octanol–water partition coefficient (Wildman–Crippen LogP) is 6.46. The molecule has 0 spiro atoms. The Bertz CT molecular complexity index is 1510. The van der Waals surface area contributed by atoms with E-state index in [0.717, 1.165) is 45.8 Å². The zero-order valence-electron chi connectivity index (χ0n) is 22.1. The predicted molar refractivity (Wildman–Crippen MR) is 154 cm³/mol. The second-order valence-electron chi connectivity index (χ2n) is 9.59. The van der Waals surface area contributed by atoms with Crippen molar-refractivity contribution in [2.45, 2.75) is 39.5 Å². The molecule has 0 aliphatic carbocycles. The Balaban J connectivity index is 1.26. The van der Waals surface area contributed by atoms with Crippen molar-refractivity contribution in [1.82, 2.24) is 4.98 Å². The van der Waals surface area contributed by atoms with Gasteiger partial charge in [0.1, 0.15) is 11.5 Å². The van der Waals surface area contributed by atoms with E-state index in [-0.39, 0.29) is 5.91 Å². The highest BCUT2D eigenvalue weighted by Crippen LogP contribution is 2.40. The van der Waals surface area contributed by atoms with Crippen molar-refractivity contribution >= 4 is 28.8 Å². The molecule has 0 atom stereocenters. The van der Waals surface area contributed by atoms with Crippen LogP contribution < -0.4 is 20.1 Å². The Morgan fingerprint density at radius 3 is 2.74 bits per heavy atom. The Labute approximate surface area is 232 Å². The van der Waals surface area contributed by atoms with Crippen molar-refractivity contribution in [2.24, 2.45) is 5.73 Å². The molecule has 0 saturated heterocycles. The minimum Gasteiger partial charge on any atom is -0.493 e. The zero-order valence-corrected chi connectivity index (χ0v) is 22.9. The second-order valence-corrected chi connectivity index (χ2v) is 10.6. The van der Waals surface area contributed by atoms with Gasteiger partial charge < -0.3 is 20.1 Å². The van der Waals surface area contributed by atoms with E-state index in [1.807, 2.05) is 29.2 Å². The first kappa shape index (κ1) is 26.4. The average Bonchev–Trinajstić information content (AvgIpc) is 3.40. The molecule has 0 unspecified atom stereocenters. The Hall–Kier alpha value is -4.17. The van der Waals surface area contributed by atoms with Gasteiger partial charge in [0.15, 0.2) is 0 Å². The summed E-state index contributed by atoms with van der Waals surface area (Å²) < 4.78 is 11.9. The highest BCUT2D eigenvalue weighted by Gasteiger charge is 2.25. The van der Waals surface area contributed by atoms with Gasteiger partial charge in [-0.1, -0.05) is 41.7 Å². The minimum absolute atomic E-state index is 0.111. The van der Waals surface area contributed by atoms with E-state index >= 15 is 0 Å². The van der Waals surface area contributed by atoms with Crippen LogP contribution in [0.25, 0.3) is 10.4 Å². The summed E-state index contributed by atoms with van der Waals surface area (Å²) in [5.41, 5.74) is 11.3. The van der Waals surface area contributed by atoms with E-state index in [9.17, 15) is 9.59 Å². The van der Waals surface area contributed by atoms with Crippen LogP contribution in [0.1, 0.15) is 46.3 Å². The minimum atomic E-state index is -0.510. The lowest BCUT2D eigenvalue weighted by atomic mass is 9.95. The number of carbonyl (C=O) groups is 2. The summed E-state index contributed by atoms with van der Waals surface area (Å²) in [6, 6.07) is 18.8. The third-order valence-electron chi connectivity index (χ3n) is 6.97. The lowest BCUT2D eigenvalue weighted by molar-refractivity contribution is -0.118. The number of hydrogen-bond acceptors (Lipinski definition) is 6. The molecular weight excluding hydrogens is 510 g/mol. The summed E-state index contributed by atoms with van der Waals surface area (Å²) in [7, 11) is 0. The molecule has 200 valence electrons. The lowest BCUT2D eigenvalue weighted by Crippen LogP contribution is -2.35. The van der Waals surface area contributed by atoms with Crippen LogP contribution in [0.5, 0.6) is 16.7 Å². The van der Waals surface area contributed by atoms with E-state index in [1.165, 1.54) is 16.9 Å². The van der Waals surface area contributed by atoms with E-state index in [1.54, 1.807) is 30.5 Å². The molecule has 1 aliphatic rings. The van der Waals surface area contributed by atoms with Crippen molar-refractivity contribution in [3.63, 3.8) is 0 Å². The van der Waals surface area contributed by atoms with Crippen LogP contribution >= 0.6 is 11.3 Å². The maximum atomic E-state index is 13.2. The summed E-state index contributed by atoms with van der Waals surface area (Å²) in [5, 5.41) is 0.469.